The number of ketones is 1. The number of carbonyl (C=O) groups is 2. The number of Topliss-reactive ketones (excluding diaryl/α,β-unsaturated/α-hetero) is 1. The first-order valence-corrected chi connectivity index (χ1v) is 10.7. The van der Waals surface area contributed by atoms with E-state index in [9.17, 15) is 14.7 Å². The molecule has 0 saturated carbocycles. The van der Waals surface area contributed by atoms with Crippen molar-refractivity contribution in [2.24, 2.45) is 5.92 Å². The molecule has 0 amide bonds. The van der Waals surface area contributed by atoms with Crippen LogP contribution in [0.2, 0.25) is 0 Å². The van der Waals surface area contributed by atoms with Gasteiger partial charge in [-0.05, 0) is 55.1 Å². The summed E-state index contributed by atoms with van der Waals surface area (Å²) in [6, 6.07) is 21.3. The molecule has 1 unspecified atom stereocenters. The normalized spacial score (nSPS) is 16.0. The standard InChI is InChI=1S/C26H26N2O3/c29-25(21-10-8-20(9-11-21)23-7-4-14-27-18-23)24(17-19-5-2-1-3-6-19)28-15-12-22(13-16-28)26(30)31/h1-11,14,18,22,24H,12-13,15-17H2,(H,30,31). The molecule has 1 fully saturated rings. The van der Waals surface area contributed by atoms with Crippen molar-refractivity contribution >= 4 is 11.8 Å². The van der Waals surface area contributed by atoms with Crippen LogP contribution in [0.4, 0.5) is 0 Å². The highest BCUT2D eigenvalue weighted by molar-refractivity contribution is 6.00. The third kappa shape index (κ3) is 5.06. The number of aliphatic carboxylic acids is 1. The Morgan fingerprint density at radius 3 is 2.26 bits per heavy atom. The molecule has 158 valence electrons. The molecule has 1 aliphatic heterocycles. The van der Waals surface area contributed by atoms with E-state index in [2.05, 4.69) is 9.88 Å². The van der Waals surface area contributed by atoms with Gasteiger partial charge in [0, 0.05) is 18.0 Å². The van der Waals surface area contributed by atoms with Gasteiger partial charge in [0.25, 0.3) is 0 Å². The number of hydrogen-bond acceptors (Lipinski definition) is 4. The molecular weight excluding hydrogens is 388 g/mol. The Kier molecular flexibility index (Phi) is 6.53. The number of likely N-dealkylation sites (tertiary alicyclic amines) is 1. The second-order valence-electron chi connectivity index (χ2n) is 8.04. The summed E-state index contributed by atoms with van der Waals surface area (Å²) >= 11 is 0. The number of benzene rings is 2. The fraction of sp³-hybridized carbons (Fsp3) is 0.269. The Labute approximate surface area is 182 Å². The van der Waals surface area contributed by atoms with Crippen LogP contribution < -0.4 is 0 Å². The molecule has 1 atom stereocenters. The molecule has 0 aliphatic carbocycles. The minimum absolute atomic E-state index is 0.0790. The van der Waals surface area contributed by atoms with Crippen molar-refractivity contribution in [3.8, 4) is 11.1 Å². The molecule has 1 N–H and O–H groups in total. The van der Waals surface area contributed by atoms with Gasteiger partial charge in [-0.2, -0.15) is 0 Å². The molecule has 4 rings (SSSR count). The maximum atomic E-state index is 13.5. The second-order valence-corrected chi connectivity index (χ2v) is 8.04. The molecule has 0 spiro atoms. The Morgan fingerprint density at radius 2 is 1.65 bits per heavy atom. The van der Waals surface area contributed by atoms with E-state index in [-0.39, 0.29) is 17.7 Å². The number of rotatable bonds is 7. The lowest BCUT2D eigenvalue weighted by Gasteiger charge is -2.36. The van der Waals surface area contributed by atoms with Crippen molar-refractivity contribution in [1.82, 2.24) is 9.88 Å². The van der Waals surface area contributed by atoms with Gasteiger partial charge in [0.05, 0.1) is 12.0 Å². The van der Waals surface area contributed by atoms with Gasteiger partial charge in [0.1, 0.15) is 0 Å². The Hall–Kier alpha value is -3.31. The van der Waals surface area contributed by atoms with Crippen molar-refractivity contribution in [3.63, 3.8) is 0 Å². The fourth-order valence-electron chi connectivity index (χ4n) is 4.24. The van der Waals surface area contributed by atoms with Crippen LogP contribution in [0.5, 0.6) is 0 Å². The van der Waals surface area contributed by atoms with Gasteiger partial charge in [-0.3, -0.25) is 19.5 Å². The summed E-state index contributed by atoms with van der Waals surface area (Å²) in [6.07, 6.45) is 5.31. The van der Waals surface area contributed by atoms with Crippen molar-refractivity contribution < 1.29 is 14.7 Å². The van der Waals surface area contributed by atoms with Crippen LogP contribution in [0.25, 0.3) is 11.1 Å². The molecule has 3 aromatic rings. The Balaban J connectivity index is 1.55. The topological polar surface area (TPSA) is 70.5 Å². The third-order valence-electron chi connectivity index (χ3n) is 6.06. The van der Waals surface area contributed by atoms with E-state index >= 15 is 0 Å². The molecule has 1 aliphatic rings. The summed E-state index contributed by atoms with van der Waals surface area (Å²) in [5.74, 6) is -0.977. The lowest BCUT2D eigenvalue weighted by molar-refractivity contribution is -0.143. The van der Waals surface area contributed by atoms with Crippen LogP contribution in [0.3, 0.4) is 0 Å². The number of piperidine rings is 1. The van der Waals surface area contributed by atoms with Crippen LogP contribution >= 0.6 is 0 Å². The number of pyridine rings is 1. The molecule has 1 saturated heterocycles. The van der Waals surface area contributed by atoms with Crippen LogP contribution in [-0.4, -0.2) is 45.9 Å². The highest BCUT2D eigenvalue weighted by atomic mass is 16.4. The minimum atomic E-state index is -0.739. The maximum absolute atomic E-state index is 13.5. The lowest BCUT2D eigenvalue weighted by atomic mass is 9.91. The summed E-state index contributed by atoms with van der Waals surface area (Å²) < 4.78 is 0. The number of aromatic nitrogens is 1. The first kappa shape index (κ1) is 20.9. The molecular formula is C26H26N2O3. The van der Waals surface area contributed by atoms with E-state index in [1.807, 2.05) is 72.9 Å². The Bertz CT molecular complexity index is 1010. The second kappa shape index (κ2) is 9.67. The highest BCUT2D eigenvalue weighted by Gasteiger charge is 2.32. The monoisotopic (exact) mass is 414 g/mol. The maximum Gasteiger partial charge on any atom is 0.306 e. The average molecular weight is 415 g/mol. The third-order valence-corrected chi connectivity index (χ3v) is 6.06. The van der Waals surface area contributed by atoms with E-state index in [1.54, 1.807) is 6.20 Å². The largest absolute Gasteiger partial charge is 0.481 e. The van der Waals surface area contributed by atoms with Gasteiger partial charge >= 0.3 is 5.97 Å². The molecule has 0 radical (unpaired) electrons. The predicted octanol–water partition coefficient (Wildman–Crippen LogP) is 4.34. The van der Waals surface area contributed by atoms with E-state index < -0.39 is 5.97 Å². The molecule has 0 bridgehead atoms. The molecule has 2 aromatic carbocycles. The van der Waals surface area contributed by atoms with Crippen molar-refractivity contribution in [2.75, 3.05) is 13.1 Å². The summed E-state index contributed by atoms with van der Waals surface area (Å²) in [5.41, 5.74) is 3.81. The fourth-order valence-corrected chi connectivity index (χ4v) is 4.24. The van der Waals surface area contributed by atoms with Crippen LogP contribution in [0, 0.1) is 5.92 Å². The SMILES string of the molecule is O=C(O)C1CCN(C(Cc2ccccc2)C(=O)c2ccc(-c3cccnc3)cc2)CC1. The zero-order valence-electron chi connectivity index (χ0n) is 17.4. The number of carbonyl (C=O) groups excluding carboxylic acids is 1. The number of carboxylic acids is 1. The van der Waals surface area contributed by atoms with Gasteiger partial charge in [0.2, 0.25) is 0 Å². The van der Waals surface area contributed by atoms with Crippen LogP contribution in [0.15, 0.2) is 79.1 Å². The van der Waals surface area contributed by atoms with Gasteiger partial charge < -0.3 is 5.11 Å². The lowest BCUT2D eigenvalue weighted by Crippen LogP contribution is -2.47. The number of nitrogens with zero attached hydrogens (tertiary/aromatic N) is 2. The van der Waals surface area contributed by atoms with Crippen molar-refractivity contribution in [1.29, 1.82) is 0 Å². The zero-order valence-corrected chi connectivity index (χ0v) is 17.4. The number of carboxylic acid groups (broad SMARTS) is 1. The number of hydrogen-bond donors (Lipinski definition) is 1. The van der Waals surface area contributed by atoms with Gasteiger partial charge in [-0.15, -0.1) is 0 Å². The molecule has 5 heteroatoms. The minimum Gasteiger partial charge on any atom is -0.481 e. The first-order chi connectivity index (χ1) is 15.1. The molecule has 2 heterocycles. The summed E-state index contributed by atoms with van der Waals surface area (Å²) in [7, 11) is 0. The van der Waals surface area contributed by atoms with E-state index in [0.717, 1.165) is 16.7 Å². The van der Waals surface area contributed by atoms with E-state index in [1.165, 1.54) is 0 Å². The summed E-state index contributed by atoms with van der Waals surface area (Å²) in [6.45, 7) is 1.24. The van der Waals surface area contributed by atoms with E-state index in [4.69, 9.17) is 0 Å². The van der Waals surface area contributed by atoms with Gasteiger partial charge in [0.15, 0.2) is 5.78 Å². The van der Waals surface area contributed by atoms with Gasteiger partial charge in [-0.1, -0.05) is 60.7 Å². The smallest absolute Gasteiger partial charge is 0.306 e. The molecule has 5 nitrogen and oxygen atoms in total. The first-order valence-electron chi connectivity index (χ1n) is 10.7. The average Bonchev–Trinajstić information content (AvgIpc) is 2.83. The Morgan fingerprint density at radius 1 is 0.935 bits per heavy atom. The van der Waals surface area contributed by atoms with Crippen molar-refractivity contribution in [3.05, 3.63) is 90.3 Å². The highest BCUT2D eigenvalue weighted by Crippen LogP contribution is 2.24. The quantitative estimate of drug-likeness (QED) is 0.583. The zero-order chi connectivity index (χ0) is 21.6. The van der Waals surface area contributed by atoms with Crippen LogP contribution in [-0.2, 0) is 11.2 Å². The van der Waals surface area contributed by atoms with Gasteiger partial charge in [-0.25, -0.2) is 0 Å². The van der Waals surface area contributed by atoms with Crippen molar-refractivity contribution in [2.45, 2.75) is 25.3 Å². The molecule has 31 heavy (non-hydrogen) atoms. The summed E-state index contributed by atoms with van der Waals surface area (Å²) in [5, 5.41) is 9.32. The molecule has 1 aromatic heterocycles. The summed E-state index contributed by atoms with van der Waals surface area (Å²) in [4.78, 5) is 31.2. The van der Waals surface area contributed by atoms with E-state index in [0.29, 0.717) is 37.9 Å². The van der Waals surface area contributed by atoms with Crippen LogP contribution in [0.1, 0.15) is 28.8 Å². The predicted molar refractivity (Wildman–Crippen MR) is 120 cm³/mol.